The molecule has 0 aromatic rings. The third-order valence-corrected chi connectivity index (χ3v) is 2.49. The zero-order valence-electron chi connectivity index (χ0n) is 11.9. The first-order valence-electron chi connectivity index (χ1n) is 6.21. The molecule has 110 valence electrons. The van der Waals surface area contributed by atoms with Gasteiger partial charge in [-0.3, -0.25) is 20.2 Å². The predicted octanol–water partition coefficient (Wildman–Crippen LogP) is 0.311. The molecule has 0 saturated heterocycles. The van der Waals surface area contributed by atoms with Crippen molar-refractivity contribution < 1.29 is 19.5 Å². The molecule has 0 aromatic carbocycles. The van der Waals surface area contributed by atoms with E-state index in [0.717, 1.165) is 6.42 Å². The number of carboxylic acid groups (broad SMARTS) is 1. The minimum absolute atomic E-state index is 0.239. The molecule has 0 unspecified atom stereocenters. The molecule has 19 heavy (non-hydrogen) atoms. The van der Waals surface area contributed by atoms with Crippen LogP contribution in [-0.2, 0) is 9.59 Å². The third-order valence-electron chi connectivity index (χ3n) is 2.49. The van der Waals surface area contributed by atoms with E-state index in [1.165, 1.54) is 13.8 Å². The van der Waals surface area contributed by atoms with Crippen LogP contribution in [0.3, 0.4) is 0 Å². The van der Waals surface area contributed by atoms with Crippen LogP contribution in [0.2, 0.25) is 0 Å². The minimum Gasteiger partial charge on any atom is -0.480 e. The maximum absolute atomic E-state index is 11.4. The number of nitrogens with one attached hydrogen (secondary N) is 3. The van der Waals surface area contributed by atoms with Crippen LogP contribution >= 0.6 is 0 Å². The molecular weight excluding hydrogens is 250 g/mol. The van der Waals surface area contributed by atoms with Gasteiger partial charge in [-0.25, -0.2) is 4.79 Å². The summed E-state index contributed by atoms with van der Waals surface area (Å²) in [6.07, 6.45) is 0.825. The van der Waals surface area contributed by atoms with Gasteiger partial charge in [0.1, 0.15) is 5.54 Å². The Labute approximate surface area is 113 Å². The van der Waals surface area contributed by atoms with Crippen molar-refractivity contribution in [2.45, 2.75) is 39.7 Å². The second-order valence-corrected chi connectivity index (χ2v) is 5.27. The van der Waals surface area contributed by atoms with Crippen LogP contribution in [0, 0.1) is 5.92 Å². The van der Waals surface area contributed by atoms with E-state index in [1.54, 1.807) is 0 Å². The molecule has 0 aliphatic heterocycles. The normalized spacial score (nSPS) is 11.2. The van der Waals surface area contributed by atoms with Gasteiger partial charge in [0.2, 0.25) is 5.91 Å². The SMILES string of the molecule is CC(C)CCNC(=O)NC(=O)CNC(C)(C)C(=O)O. The van der Waals surface area contributed by atoms with Gasteiger partial charge in [0.15, 0.2) is 0 Å². The van der Waals surface area contributed by atoms with Crippen molar-refractivity contribution in [3.05, 3.63) is 0 Å². The second-order valence-electron chi connectivity index (χ2n) is 5.27. The standard InChI is InChI=1S/C12H23N3O4/c1-8(2)5-6-13-11(19)15-9(16)7-14-12(3,4)10(17)18/h8,14H,5-7H2,1-4H3,(H,17,18)(H2,13,15,16,19). The fraction of sp³-hybridized carbons (Fsp3) is 0.750. The number of aliphatic carboxylic acids is 1. The van der Waals surface area contributed by atoms with Crippen LogP contribution in [0.5, 0.6) is 0 Å². The van der Waals surface area contributed by atoms with Gasteiger partial charge in [-0.1, -0.05) is 13.8 Å². The van der Waals surface area contributed by atoms with Crippen LogP contribution in [0.1, 0.15) is 34.1 Å². The number of hydrogen-bond acceptors (Lipinski definition) is 4. The molecule has 3 amide bonds. The number of carboxylic acids is 1. The number of hydrogen-bond donors (Lipinski definition) is 4. The summed E-state index contributed by atoms with van der Waals surface area (Å²) in [6, 6.07) is -0.569. The fourth-order valence-corrected chi connectivity index (χ4v) is 1.07. The number of amides is 3. The van der Waals surface area contributed by atoms with Gasteiger partial charge < -0.3 is 10.4 Å². The van der Waals surface area contributed by atoms with E-state index in [0.29, 0.717) is 12.5 Å². The smallest absolute Gasteiger partial charge is 0.323 e. The number of carbonyl (C=O) groups is 3. The first-order chi connectivity index (χ1) is 8.65. The molecule has 0 radical (unpaired) electrons. The van der Waals surface area contributed by atoms with Crippen molar-refractivity contribution in [2.75, 3.05) is 13.1 Å². The molecule has 4 N–H and O–H groups in total. The van der Waals surface area contributed by atoms with E-state index >= 15 is 0 Å². The maximum atomic E-state index is 11.4. The lowest BCUT2D eigenvalue weighted by Crippen LogP contribution is -2.52. The van der Waals surface area contributed by atoms with Gasteiger partial charge in [-0.05, 0) is 26.2 Å². The molecule has 7 nitrogen and oxygen atoms in total. The van der Waals surface area contributed by atoms with Crippen molar-refractivity contribution in [1.82, 2.24) is 16.0 Å². The summed E-state index contributed by atoms with van der Waals surface area (Å²) in [6.45, 7) is 7.18. The molecule has 0 spiro atoms. The van der Waals surface area contributed by atoms with E-state index in [1.807, 2.05) is 13.8 Å². The topological polar surface area (TPSA) is 108 Å². The summed E-state index contributed by atoms with van der Waals surface area (Å²) in [5.41, 5.74) is -1.22. The van der Waals surface area contributed by atoms with Gasteiger partial charge in [0.25, 0.3) is 0 Å². The molecule has 0 aliphatic rings. The van der Waals surface area contributed by atoms with Crippen LogP contribution in [0.4, 0.5) is 4.79 Å². The Morgan fingerprint density at radius 1 is 1.21 bits per heavy atom. The molecule has 0 saturated carbocycles. The van der Waals surface area contributed by atoms with Crippen LogP contribution in [-0.4, -0.2) is 41.6 Å². The molecule has 0 bridgehead atoms. The molecule has 0 aliphatic carbocycles. The number of imide groups is 1. The Morgan fingerprint density at radius 3 is 2.26 bits per heavy atom. The molecule has 0 rings (SSSR count). The molecule has 0 atom stereocenters. The van der Waals surface area contributed by atoms with Gasteiger partial charge >= 0.3 is 12.0 Å². The van der Waals surface area contributed by atoms with E-state index in [2.05, 4.69) is 16.0 Å². The van der Waals surface area contributed by atoms with E-state index in [4.69, 9.17) is 5.11 Å². The lowest BCUT2D eigenvalue weighted by Gasteiger charge is -2.20. The van der Waals surface area contributed by atoms with Crippen molar-refractivity contribution in [3.8, 4) is 0 Å². The number of urea groups is 1. The average molecular weight is 273 g/mol. The van der Waals surface area contributed by atoms with E-state index in [9.17, 15) is 14.4 Å². The minimum atomic E-state index is -1.22. The highest BCUT2D eigenvalue weighted by Gasteiger charge is 2.27. The second kappa shape index (κ2) is 7.73. The summed E-state index contributed by atoms with van der Waals surface area (Å²) in [5.74, 6) is -1.17. The Morgan fingerprint density at radius 2 is 1.79 bits per heavy atom. The lowest BCUT2D eigenvalue weighted by atomic mass is 10.1. The zero-order chi connectivity index (χ0) is 15.1. The molecule has 7 heteroatoms. The quantitative estimate of drug-likeness (QED) is 0.534. The Bertz CT molecular complexity index is 340. The van der Waals surface area contributed by atoms with Gasteiger partial charge in [-0.15, -0.1) is 0 Å². The summed E-state index contributed by atoms with van der Waals surface area (Å²) < 4.78 is 0. The van der Waals surface area contributed by atoms with Crippen molar-refractivity contribution in [2.24, 2.45) is 5.92 Å². The largest absolute Gasteiger partial charge is 0.480 e. The third kappa shape index (κ3) is 8.15. The Balaban J connectivity index is 3.92. The van der Waals surface area contributed by atoms with Crippen molar-refractivity contribution >= 4 is 17.9 Å². The summed E-state index contributed by atoms with van der Waals surface area (Å²) in [7, 11) is 0. The molecule has 0 fully saturated rings. The average Bonchev–Trinajstić information content (AvgIpc) is 2.25. The monoisotopic (exact) mass is 273 g/mol. The fourth-order valence-electron chi connectivity index (χ4n) is 1.07. The van der Waals surface area contributed by atoms with E-state index < -0.39 is 23.4 Å². The molecular formula is C12H23N3O4. The Hall–Kier alpha value is -1.63. The van der Waals surface area contributed by atoms with E-state index in [-0.39, 0.29) is 6.54 Å². The Kier molecular flexibility index (Phi) is 7.06. The summed E-state index contributed by atoms with van der Waals surface area (Å²) in [5, 5.41) is 16.0. The number of rotatable bonds is 7. The first-order valence-corrected chi connectivity index (χ1v) is 6.21. The highest BCUT2D eigenvalue weighted by molar-refractivity contribution is 5.95. The molecule has 0 heterocycles. The van der Waals surface area contributed by atoms with Crippen LogP contribution < -0.4 is 16.0 Å². The lowest BCUT2D eigenvalue weighted by molar-refractivity contribution is -0.143. The highest BCUT2D eigenvalue weighted by Crippen LogP contribution is 2.00. The van der Waals surface area contributed by atoms with Crippen molar-refractivity contribution in [1.29, 1.82) is 0 Å². The molecule has 0 aromatic heterocycles. The van der Waals surface area contributed by atoms with Gasteiger partial charge in [0.05, 0.1) is 6.54 Å². The number of carbonyl (C=O) groups excluding carboxylic acids is 2. The predicted molar refractivity (Wildman–Crippen MR) is 70.7 cm³/mol. The maximum Gasteiger partial charge on any atom is 0.323 e. The highest BCUT2D eigenvalue weighted by atomic mass is 16.4. The van der Waals surface area contributed by atoms with Gasteiger partial charge in [0, 0.05) is 6.54 Å². The van der Waals surface area contributed by atoms with Crippen molar-refractivity contribution in [3.63, 3.8) is 0 Å². The van der Waals surface area contributed by atoms with Crippen LogP contribution in [0.25, 0.3) is 0 Å². The summed E-state index contributed by atoms with van der Waals surface area (Å²) in [4.78, 5) is 33.5. The van der Waals surface area contributed by atoms with Gasteiger partial charge in [-0.2, -0.15) is 0 Å². The van der Waals surface area contributed by atoms with Crippen LogP contribution in [0.15, 0.2) is 0 Å². The zero-order valence-corrected chi connectivity index (χ0v) is 11.9. The summed E-state index contributed by atoms with van der Waals surface area (Å²) >= 11 is 0. The first kappa shape index (κ1) is 17.4.